The Morgan fingerprint density at radius 1 is 1.25 bits per heavy atom. The van der Waals surface area contributed by atoms with Gasteiger partial charge in [0.1, 0.15) is 5.82 Å². The standard InChI is InChI=1S/C16H27N3S/c1-12-10-13(2)18-15(19-6-8-20-9-7-19)14(12)11-17-16(3,4)5/h10,17H,6-9,11H2,1-5H3. The number of rotatable bonds is 3. The minimum absolute atomic E-state index is 0.131. The lowest BCUT2D eigenvalue weighted by molar-refractivity contribution is 0.423. The van der Waals surface area contributed by atoms with Gasteiger partial charge >= 0.3 is 0 Å². The Bertz CT molecular complexity index is 460. The number of aromatic nitrogens is 1. The average Bonchev–Trinajstić information content (AvgIpc) is 2.36. The number of hydrogen-bond donors (Lipinski definition) is 1. The molecule has 0 atom stereocenters. The van der Waals surface area contributed by atoms with Crippen molar-refractivity contribution in [3.05, 3.63) is 22.9 Å². The molecule has 2 rings (SSSR count). The number of anilines is 1. The molecule has 0 amide bonds. The highest BCUT2D eigenvalue weighted by Gasteiger charge is 2.19. The molecule has 112 valence electrons. The molecule has 0 aromatic carbocycles. The van der Waals surface area contributed by atoms with Crippen LogP contribution in [0.4, 0.5) is 5.82 Å². The SMILES string of the molecule is Cc1cc(C)c(CNC(C)(C)C)c(N2CCSCC2)n1. The fraction of sp³-hybridized carbons (Fsp3) is 0.688. The van der Waals surface area contributed by atoms with Crippen LogP contribution in [0.3, 0.4) is 0 Å². The molecular formula is C16H27N3S. The lowest BCUT2D eigenvalue weighted by Gasteiger charge is -2.31. The van der Waals surface area contributed by atoms with E-state index in [-0.39, 0.29) is 5.54 Å². The molecule has 0 radical (unpaired) electrons. The Hall–Kier alpha value is -0.740. The summed E-state index contributed by atoms with van der Waals surface area (Å²) in [6.45, 7) is 14.0. The van der Waals surface area contributed by atoms with Gasteiger partial charge in [0.25, 0.3) is 0 Å². The highest BCUT2D eigenvalue weighted by atomic mass is 32.2. The predicted octanol–water partition coefficient (Wildman–Crippen LogP) is 3.14. The van der Waals surface area contributed by atoms with Gasteiger partial charge in [-0.15, -0.1) is 0 Å². The second kappa shape index (κ2) is 6.35. The van der Waals surface area contributed by atoms with Gasteiger partial charge in [-0.2, -0.15) is 11.8 Å². The van der Waals surface area contributed by atoms with Gasteiger partial charge in [0.05, 0.1) is 0 Å². The molecule has 1 aromatic heterocycles. The average molecular weight is 293 g/mol. The van der Waals surface area contributed by atoms with Gasteiger partial charge in [-0.25, -0.2) is 4.98 Å². The van der Waals surface area contributed by atoms with Crippen molar-refractivity contribution in [2.24, 2.45) is 0 Å². The van der Waals surface area contributed by atoms with Crippen LogP contribution < -0.4 is 10.2 Å². The maximum atomic E-state index is 4.83. The summed E-state index contributed by atoms with van der Waals surface area (Å²) in [6.07, 6.45) is 0. The number of nitrogens with zero attached hydrogens (tertiary/aromatic N) is 2. The van der Waals surface area contributed by atoms with Crippen molar-refractivity contribution in [3.8, 4) is 0 Å². The van der Waals surface area contributed by atoms with Gasteiger partial charge < -0.3 is 10.2 Å². The van der Waals surface area contributed by atoms with Crippen LogP contribution in [0.2, 0.25) is 0 Å². The summed E-state index contributed by atoms with van der Waals surface area (Å²) in [6, 6.07) is 2.20. The molecule has 1 N–H and O–H groups in total. The predicted molar refractivity (Wildman–Crippen MR) is 89.8 cm³/mol. The van der Waals surface area contributed by atoms with E-state index >= 15 is 0 Å². The van der Waals surface area contributed by atoms with E-state index in [2.05, 4.69) is 50.9 Å². The second-order valence-electron chi connectivity index (χ2n) is 6.59. The van der Waals surface area contributed by atoms with Gasteiger partial charge in [0.15, 0.2) is 0 Å². The largest absolute Gasteiger partial charge is 0.355 e. The van der Waals surface area contributed by atoms with Crippen LogP contribution >= 0.6 is 11.8 Å². The molecule has 0 spiro atoms. The van der Waals surface area contributed by atoms with Crippen LogP contribution in [0.5, 0.6) is 0 Å². The number of thioether (sulfide) groups is 1. The van der Waals surface area contributed by atoms with Gasteiger partial charge in [0.2, 0.25) is 0 Å². The van der Waals surface area contributed by atoms with Crippen LogP contribution in [0.1, 0.15) is 37.6 Å². The quantitative estimate of drug-likeness (QED) is 0.927. The molecule has 4 heteroatoms. The Kier molecular flexibility index (Phi) is 4.97. The molecule has 0 aliphatic carbocycles. The fourth-order valence-corrected chi connectivity index (χ4v) is 3.36. The summed E-state index contributed by atoms with van der Waals surface area (Å²) in [7, 11) is 0. The van der Waals surface area contributed by atoms with Gasteiger partial charge in [-0.1, -0.05) is 0 Å². The summed E-state index contributed by atoms with van der Waals surface area (Å²) in [5, 5.41) is 3.61. The maximum absolute atomic E-state index is 4.83. The smallest absolute Gasteiger partial charge is 0.133 e. The number of nitrogens with one attached hydrogen (secondary N) is 1. The van der Waals surface area contributed by atoms with Crippen molar-refractivity contribution in [3.63, 3.8) is 0 Å². The van der Waals surface area contributed by atoms with Gasteiger partial charge in [-0.3, -0.25) is 0 Å². The molecule has 1 aromatic rings. The lowest BCUT2D eigenvalue weighted by atomic mass is 10.1. The van der Waals surface area contributed by atoms with E-state index in [1.54, 1.807) is 0 Å². The number of pyridine rings is 1. The first-order chi connectivity index (χ1) is 9.37. The molecule has 1 aliphatic heterocycles. The summed E-state index contributed by atoms with van der Waals surface area (Å²) in [4.78, 5) is 7.29. The minimum Gasteiger partial charge on any atom is -0.355 e. The van der Waals surface area contributed by atoms with Crippen molar-refractivity contribution >= 4 is 17.6 Å². The van der Waals surface area contributed by atoms with E-state index in [0.29, 0.717) is 0 Å². The first-order valence-corrected chi connectivity index (χ1v) is 8.57. The third kappa shape index (κ3) is 4.13. The lowest BCUT2D eigenvalue weighted by Crippen LogP contribution is -2.38. The number of hydrogen-bond acceptors (Lipinski definition) is 4. The Morgan fingerprint density at radius 3 is 2.50 bits per heavy atom. The molecule has 0 bridgehead atoms. The highest BCUT2D eigenvalue weighted by Crippen LogP contribution is 2.25. The normalized spacial score (nSPS) is 16.6. The van der Waals surface area contributed by atoms with Crippen LogP contribution in [0.15, 0.2) is 6.07 Å². The Balaban J connectivity index is 2.27. The van der Waals surface area contributed by atoms with Crippen molar-refractivity contribution in [2.75, 3.05) is 29.5 Å². The molecule has 1 aliphatic rings. The van der Waals surface area contributed by atoms with E-state index in [1.807, 2.05) is 11.8 Å². The van der Waals surface area contributed by atoms with Crippen LogP contribution in [-0.4, -0.2) is 35.1 Å². The molecule has 1 saturated heterocycles. The zero-order valence-corrected chi connectivity index (χ0v) is 14.2. The highest BCUT2D eigenvalue weighted by molar-refractivity contribution is 7.99. The van der Waals surface area contributed by atoms with E-state index in [0.717, 1.165) is 25.3 Å². The van der Waals surface area contributed by atoms with Gasteiger partial charge in [0, 0.05) is 47.9 Å². The topological polar surface area (TPSA) is 28.2 Å². The molecule has 1 fully saturated rings. The zero-order chi connectivity index (χ0) is 14.8. The number of aryl methyl sites for hydroxylation is 2. The Morgan fingerprint density at radius 2 is 1.90 bits per heavy atom. The first-order valence-electron chi connectivity index (χ1n) is 7.42. The zero-order valence-electron chi connectivity index (χ0n) is 13.4. The molecule has 2 heterocycles. The second-order valence-corrected chi connectivity index (χ2v) is 7.81. The van der Waals surface area contributed by atoms with E-state index < -0.39 is 0 Å². The van der Waals surface area contributed by atoms with Crippen LogP contribution in [0, 0.1) is 13.8 Å². The third-order valence-corrected chi connectivity index (χ3v) is 4.50. The summed E-state index contributed by atoms with van der Waals surface area (Å²) in [5.41, 5.74) is 3.96. The third-order valence-electron chi connectivity index (χ3n) is 3.56. The van der Waals surface area contributed by atoms with Crippen LogP contribution in [0.25, 0.3) is 0 Å². The van der Waals surface area contributed by atoms with Crippen molar-refractivity contribution < 1.29 is 0 Å². The molecule has 0 unspecified atom stereocenters. The summed E-state index contributed by atoms with van der Waals surface area (Å²) < 4.78 is 0. The van der Waals surface area contributed by atoms with Crippen molar-refractivity contribution in [1.29, 1.82) is 0 Å². The van der Waals surface area contributed by atoms with E-state index in [1.165, 1.54) is 28.5 Å². The Labute approximate surface area is 127 Å². The van der Waals surface area contributed by atoms with Crippen LogP contribution in [-0.2, 0) is 6.54 Å². The van der Waals surface area contributed by atoms with Gasteiger partial charge in [-0.05, 0) is 46.2 Å². The first kappa shape index (κ1) is 15.6. The van der Waals surface area contributed by atoms with Crippen molar-refractivity contribution in [1.82, 2.24) is 10.3 Å². The van der Waals surface area contributed by atoms with E-state index in [4.69, 9.17) is 4.98 Å². The fourth-order valence-electron chi connectivity index (χ4n) is 2.45. The van der Waals surface area contributed by atoms with Crippen molar-refractivity contribution in [2.45, 2.75) is 46.7 Å². The minimum atomic E-state index is 0.131. The molecule has 20 heavy (non-hydrogen) atoms. The molecular weight excluding hydrogens is 266 g/mol. The van der Waals surface area contributed by atoms with E-state index in [9.17, 15) is 0 Å². The maximum Gasteiger partial charge on any atom is 0.133 e. The molecule has 3 nitrogen and oxygen atoms in total. The summed E-state index contributed by atoms with van der Waals surface area (Å²) >= 11 is 2.04. The molecule has 0 saturated carbocycles. The summed E-state index contributed by atoms with van der Waals surface area (Å²) in [5.74, 6) is 3.61. The monoisotopic (exact) mass is 293 g/mol.